The topological polar surface area (TPSA) is 20.2 Å². The first kappa shape index (κ1) is 20.7. The van der Waals surface area contributed by atoms with E-state index in [1.807, 2.05) is 57.4 Å². The van der Waals surface area contributed by atoms with Gasteiger partial charge in [-0.25, -0.2) is 0 Å². The lowest BCUT2D eigenvalue weighted by Crippen LogP contribution is -2.60. The van der Waals surface area contributed by atoms with Crippen LogP contribution in [0.5, 0.6) is 0 Å². The van der Waals surface area contributed by atoms with Gasteiger partial charge >= 0.3 is 0 Å². The molecule has 2 rings (SSSR count). The van der Waals surface area contributed by atoms with Crippen LogP contribution in [0.15, 0.2) is 60.7 Å². The van der Waals surface area contributed by atoms with E-state index in [0.717, 1.165) is 17.5 Å². The first-order valence-corrected chi connectivity index (χ1v) is 9.44. The molecule has 0 saturated carbocycles. The van der Waals surface area contributed by atoms with E-state index in [-0.39, 0.29) is 5.54 Å². The largest absolute Gasteiger partial charge is 0.389 e. The molecule has 2 radical (unpaired) electrons. The van der Waals surface area contributed by atoms with E-state index in [9.17, 15) is 5.11 Å². The SMILES string of the molecule is [CH][N+](C)(C)C(C)(C)CC(c1ccccc1)(c1ccccc1)C(C)(O)CC. The molecule has 26 heavy (non-hydrogen) atoms. The molecule has 0 aromatic heterocycles. The highest BCUT2D eigenvalue weighted by Gasteiger charge is 2.54. The molecule has 1 unspecified atom stereocenters. The fourth-order valence-corrected chi connectivity index (χ4v) is 3.78. The number of nitrogens with zero attached hydrogens (tertiary/aromatic N) is 1. The summed E-state index contributed by atoms with van der Waals surface area (Å²) in [5.41, 5.74) is 0.495. The van der Waals surface area contributed by atoms with Crippen LogP contribution in [0.1, 0.15) is 51.7 Å². The molecule has 0 aliphatic heterocycles. The van der Waals surface area contributed by atoms with E-state index in [4.69, 9.17) is 7.05 Å². The van der Waals surface area contributed by atoms with Crippen LogP contribution in [0.4, 0.5) is 0 Å². The second kappa shape index (κ2) is 7.17. The normalized spacial score (nSPS) is 15.5. The Hall–Kier alpha value is -1.64. The molecule has 2 nitrogen and oxygen atoms in total. The molecule has 0 amide bonds. The number of hydrogen-bond acceptors (Lipinski definition) is 1. The number of benzene rings is 2. The highest BCUT2D eigenvalue weighted by Crippen LogP contribution is 2.50. The Labute approximate surface area is 160 Å². The van der Waals surface area contributed by atoms with Crippen LogP contribution in [0.25, 0.3) is 0 Å². The maximum absolute atomic E-state index is 11.7. The summed E-state index contributed by atoms with van der Waals surface area (Å²) in [6.07, 6.45) is 1.36. The van der Waals surface area contributed by atoms with Crippen molar-refractivity contribution in [3.63, 3.8) is 0 Å². The Kier molecular flexibility index (Phi) is 5.70. The fraction of sp³-hybridized carbons (Fsp3) is 0.458. The minimum atomic E-state index is -0.928. The zero-order valence-electron chi connectivity index (χ0n) is 17.2. The predicted molar refractivity (Wildman–Crippen MR) is 110 cm³/mol. The fourth-order valence-electron chi connectivity index (χ4n) is 3.78. The van der Waals surface area contributed by atoms with Crippen molar-refractivity contribution >= 4 is 0 Å². The van der Waals surface area contributed by atoms with Gasteiger partial charge in [-0.05, 0) is 38.3 Å². The summed E-state index contributed by atoms with van der Waals surface area (Å²) in [5.74, 6) is 0. The molecule has 0 aliphatic carbocycles. The van der Waals surface area contributed by atoms with E-state index in [1.54, 1.807) is 0 Å². The third-order valence-corrected chi connectivity index (χ3v) is 6.40. The first-order chi connectivity index (χ1) is 12.0. The monoisotopic (exact) mass is 352 g/mol. The average molecular weight is 353 g/mol. The number of rotatable bonds is 7. The molecule has 140 valence electrons. The quantitative estimate of drug-likeness (QED) is 0.692. The van der Waals surface area contributed by atoms with Gasteiger partial charge in [0.25, 0.3) is 0 Å². The zero-order chi connectivity index (χ0) is 19.6. The third kappa shape index (κ3) is 3.58. The third-order valence-electron chi connectivity index (χ3n) is 6.40. The molecule has 2 aromatic carbocycles. The average Bonchev–Trinajstić information content (AvgIpc) is 2.60. The summed E-state index contributed by atoms with van der Waals surface area (Å²) in [6, 6.07) is 20.8. The first-order valence-electron chi connectivity index (χ1n) is 9.44. The van der Waals surface area contributed by atoms with Crippen molar-refractivity contribution in [2.75, 3.05) is 14.1 Å². The smallest absolute Gasteiger partial charge is 0.206 e. The molecule has 0 bridgehead atoms. The van der Waals surface area contributed by atoms with Crippen molar-refractivity contribution in [3.8, 4) is 0 Å². The predicted octanol–water partition coefficient (Wildman–Crippen LogP) is 5.05. The van der Waals surface area contributed by atoms with Crippen LogP contribution >= 0.6 is 0 Å². The number of aliphatic hydroxyl groups is 1. The summed E-state index contributed by atoms with van der Waals surface area (Å²) >= 11 is 0. The second-order valence-corrected chi connectivity index (χ2v) is 8.79. The van der Waals surface area contributed by atoms with Gasteiger partial charge in [-0.1, -0.05) is 67.6 Å². The molecule has 2 aromatic rings. The summed E-state index contributed by atoms with van der Waals surface area (Å²) in [4.78, 5) is 0. The molecule has 0 aliphatic rings. The highest BCUT2D eigenvalue weighted by molar-refractivity contribution is 5.43. The molecule has 2 heteroatoms. The summed E-state index contributed by atoms with van der Waals surface area (Å²) in [7, 11) is 10.5. The van der Waals surface area contributed by atoms with E-state index in [1.165, 1.54) is 0 Å². The van der Waals surface area contributed by atoms with Gasteiger partial charge in [0.2, 0.25) is 7.05 Å². The molecule has 0 fully saturated rings. The van der Waals surface area contributed by atoms with E-state index in [0.29, 0.717) is 10.9 Å². The van der Waals surface area contributed by atoms with Crippen molar-refractivity contribution in [1.29, 1.82) is 0 Å². The minimum absolute atomic E-state index is 0.259. The Balaban J connectivity index is 2.82. The number of quaternary nitrogens is 1. The van der Waals surface area contributed by atoms with Crippen LogP contribution in [0, 0.1) is 7.05 Å². The summed E-state index contributed by atoms with van der Waals surface area (Å²) in [6.45, 7) is 8.37. The van der Waals surface area contributed by atoms with Gasteiger partial charge in [0, 0.05) is 6.42 Å². The van der Waals surface area contributed by atoms with Crippen LogP contribution in [0.3, 0.4) is 0 Å². The Morgan fingerprint density at radius 1 is 0.846 bits per heavy atom. The highest BCUT2D eigenvalue weighted by atomic mass is 16.3. The Bertz CT molecular complexity index is 656. The maximum atomic E-state index is 11.7. The lowest BCUT2D eigenvalue weighted by atomic mass is 9.58. The van der Waals surface area contributed by atoms with Gasteiger partial charge < -0.3 is 9.59 Å². The number of hydrogen-bond donors (Lipinski definition) is 1. The van der Waals surface area contributed by atoms with E-state index < -0.39 is 11.0 Å². The zero-order valence-corrected chi connectivity index (χ0v) is 17.2. The van der Waals surface area contributed by atoms with E-state index >= 15 is 0 Å². The van der Waals surface area contributed by atoms with Crippen molar-refractivity contribution < 1.29 is 9.59 Å². The van der Waals surface area contributed by atoms with Gasteiger partial charge in [0.15, 0.2) is 0 Å². The van der Waals surface area contributed by atoms with Crippen molar-refractivity contribution in [3.05, 3.63) is 78.8 Å². The summed E-state index contributed by atoms with van der Waals surface area (Å²) < 4.78 is 0.328. The van der Waals surface area contributed by atoms with Crippen molar-refractivity contribution in [2.45, 2.75) is 57.1 Å². The maximum Gasteiger partial charge on any atom is 0.206 e. The van der Waals surface area contributed by atoms with Gasteiger partial charge in [0.1, 0.15) is 0 Å². The van der Waals surface area contributed by atoms with Gasteiger partial charge in [-0.2, -0.15) is 0 Å². The second-order valence-electron chi connectivity index (χ2n) is 8.79. The van der Waals surface area contributed by atoms with E-state index in [2.05, 4.69) is 45.0 Å². The van der Waals surface area contributed by atoms with Crippen molar-refractivity contribution in [1.82, 2.24) is 0 Å². The van der Waals surface area contributed by atoms with Crippen LogP contribution < -0.4 is 0 Å². The van der Waals surface area contributed by atoms with Crippen LogP contribution in [-0.4, -0.2) is 34.8 Å². The molecule has 1 atom stereocenters. The van der Waals surface area contributed by atoms with Crippen LogP contribution in [-0.2, 0) is 5.41 Å². The van der Waals surface area contributed by atoms with Gasteiger partial charge in [0.05, 0.1) is 30.7 Å². The van der Waals surface area contributed by atoms with Gasteiger partial charge in [-0.15, -0.1) is 0 Å². The molecule has 0 heterocycles. The Morgan fingerprint density at radius 2 is 1.23 bits per heavy atom. The standard InChI is InChI=1S/C24H34NO/c1-8-23(4,26)24(20-15-11-9-12-16-20,21-17-13-10-14-18-21)19-22(2,3)25(5,6)7/h5,9-18,26H,8,19H2,1-4,6-7H3/q+1. The molecular formula is C24H34NO+. The lowest BCUT2D eigenvalue weighted by Gasteiger charge is -2.52. The van der Waals surface area contributed by atoms with Crippen LogP contribution in [0.2, 0.25) is 0 Å². The molecule has 1 N–H and O–H groups in total. The Morgan fingerprint density at radius 3 is 1.54 bits per heavy atom. The minimum Gasteiger partial charge on any atom is -0.389 e. The molecule has 0 saturated heterocycles. The summed E-state index contributed by atoms with van der Waals surface area (Å²) in [5, 5.41) is 11.7. The van der Waals surface area contributed by atoms with Gasteiger partial charge in [-0.3, -0.25) is 0 Å². The molecular weight excluding hydrogens is 318 g/mol. The molecule has 0 spiro atoms. The lowest BCUT2D eigenvalue weighted by molar-refractivity contribution is -0.897. The van der Waals surface area contributed by atoms with Crippen molar-refractivity contribution in [2.24, 2.45) is 0 Å².